The van der Waals surface area contributed by atoms with Crippen LogP contribution in [-0.4, -0.2) is 17.6 Å². The zero-order valence-corrected chi connectivity index (χ0v) is 8.66. The molecule has 0 aliphatic rings. The quantitative estimate of drug-likeness (QED) is 0.747. The van der Waals surface area contributed by atoms with Gasteiger partial charge < -0.3 is 9.72 Å². The van der Waals surface area contributed by atoms with Crippen LogP contribution >= 0.6 is 11.6 Å². The van der Waals surface area contributed by atoms with E-state index in [-0.39, 0.29) is 5.97 Å². The monoisotopic (exact) mass is 201 g/mol. The van der Waals surface area contributed by atoms with Gasteiger partial charge in [0.1, 0.15) is 5.15 Å². The molecule has 0 bridgehead atoms. The van der Waals surface area contributed by atoms with E-state index in [1.165, 1.54) is 0 Å². The zero-order chi connectivity index (χ0) is 10.0. The Morgan fingerprint density at radius 1 is 1.54 bits per heavy atom. The number of aromatic nitrogens is 1. The summed E-state index contributed by atoms with van der Waals surface area (Å²) in [5, 5.41) is 0.355. The Labute approximate surface area is 82.0 Å². The number of esters is 1. The molecule has 0 unspecified atom stereocenters. The van der Waals surface area contributed by atoms with Crippen LogP contribution < -0.4 is 0 Å². The number of nitrogens with one attached hydrogen (secondary N) is 1. The number of ether oxygens (including phenoxy) is 1. The van der Waals surface area contributed by atoms with Gasteiger partial charge in [-0.2, -0.15) is 0 Å². The van der Waals surface area contributed by atoms with Gasteiger partial charge >= 0.3 is 5.97 Å². The minimum atomic E-state index is -0.366. The molecule has 1 aromatic heterocycles. The molecule has 0 aliphatic heterocycles. The molecule has 0 spiro atoms. The van der Waals surface area contributed by atoms with E-state index < -0.39 is 0 Å². The van der Waals surface area contributed by atoms with Crippen LogP contribution in [0.4, 0.5) is 0 Å². The van der Waals surface area contributed by atoms with E-state index in [1.54, 1.807) is 6.92 Å². The van der Waals surface area contributed by atoms with Crippen molar-refractivity contribution in [3.05, 3.63) is 22.0 Å². The number of hydrogen-bond acceptors (Lipinski definition) is 2. The van der Waals surface area contributed by atoms with Crippen molar-refractivity contribution in [2.24, 2.45) is 0 Å². The number of hydrogen-bond donors (Lipinski definition) is 1. The van der Waals surface area contributed by atoms with E-state index in [9.17, 15) is 4.79 Å². The summed E-state index contributed by atoms with van der Waals surface area (Å²) in [7, 11) is 0. The van der Waals surface area contributed by atoms with Crippen molar-refractivity contribution in [1.82, 2.24) is 4.98 Å². The molecule has 72 valence electrons. The number of aryl methyl sites for hydroxylation is 1. The van der Waals surface area contributed by atoms with Crippen LogP contribution in [0.5, 0.6) is 0 Å². The Hall–Kier alpha value is -0.960. The number of halogens is 1. The van der Waals surface area contributed by atoms with Gasteiger partial charge in [-0.25, -0.2) is 4.79 Å². The van der Waals surface area contributed by atoms with Gasteiger partial charge in [-0.3, -0.25) is 0 Å². The molecule has 1 aromatic rings. The molecule has 1 rings (SSSR count). The number of carbonyl (C=O) groups is 1. The predicted molar refractivity (Wildman–Crippen MR) is 51.2 cm³/mol. The van der Waals surface area contributed by atoms with Crippen LogP contribution in [-0.2, 0) is 4.74 Å². The third-order valence-corrected chi connectivity index (χ3v) is 2.22. The summed E-state index contributed by atoms with van der Waals surface area (Å²) in [6.07, 6.45) is 0. The van der Waals surface area contributed by atoms with Crippen LogP contribution in [0, 0.1) is 13.8 Å². The lowest BCUT2D eigenvalue weighted by Gasteiger charge is -2.00. The lowest BCUT2D eigenvalue weighted by atomic mass is 10.2. The van der Waals surface area contributed by atoms with Crippen LogP contribution in [0.2, 0.25) is 5.15 Å². The van der Waals surface area contributed by atoms with E-state index in [4.69, 9.17) is 16.3 Å². The molecule has 0 amide bonds. The molecule has 0 atom stereocenters. The maximum absolute atomic E-state index is 11.4. The summed E-state index contributed by atoms with van der Waals surface area (Å²) < 4.78 is 4.86. The molecule has 3 nitrogen and oxygen atoms in total. The standard InChI is InChI=1S/C9H12ClNO2/c1-4-13-9(12)7-5(2)6(3)11-8(7)10/h11H,4H2,1-3H3. The Balaban J connectivity index is 3.06. The maximum atomic E-state index is 11.4. The summed E-state index contributed by atoms with van der Waals surface area (Å²) in [6, 6.07) is 0. The largest absolute Gasteiger partial charge is 0.462 e. The minimum Gasteiger partial charge on any atom is -0.462 e. The normalized spacial score (nSPS) is 10.2. The van der Waals surface area contributed by atoms with Crippen molar-refractivity contribution < 1.29 is 9.53 Å². The average molecular weight is 202 g/mol. The Morgan fingerprint density at radius 3 is 2.54 bits per heavy atom. The molecule has 0 saturated carbocycles. The molecule has 1 N–H and O–H groups in total. The fourth-order valence-corrected chi connectivity index (χ4v) is 1.48. The Kier molecular flexibility index (Phi) is 2.98. The smallest absolute Gasteiger partial charge is 0.341 e. The fraction of sp³-hybridized carbons (Fsp3) is 0.444. The number of rotatable bonds is 2. The third kappa shape index (κ3) is 1.86. The first-order valence-corrected chi connectivity index (χ1v) is 4.47. The van der Waals surface area contributed by atoms with E-state index in [2.05, 4.69) is 4.98 Å². The highest BCUT2D eigenvalue weighted by atomic mass is 35.5. The van der Waals surface area contributed by atoms with Gasteiger partial charge in [-0.15, -0.1) is 0 Å². The lowest BCUT2D eigenvalue weighted by molar-refractivity contribution is 0.0526. The first kappa shape index (κ1) is 10.1. The second kappa shape index (κ2) is 3.83. The van der Waals surface area contributed by atoms with E-state index in [0.717, 1.165) is 11.3 Å². The van der Waals surface area contributed by atoms with Gasteiger partial charge in [0.2, 0.25) is 0 Å². The zero-order valence-electron chi connectivity index (χ0n) is 7.90. The van der Waals surface area contributed by atoms with Crippen molar-refractivity contribution >= 4 is 17.6 Å². The second-order valence-corrected chi connectivity index (χ2v) is 3.16. The summed E-state index contributed by atoms with van der Waals surface area (Å²) >= 11 is 5.82. The van der Waals surface area contributed by atoms with Gasteiger partial charge in [-0.1, -0.05) is 11.6 Å². The van der Waals surface area contributed by atoms with Crippen LogP contribution in [0.25, 0.3) is 0 Å². The highest BCUT2D eigenvalue weighted by Crippen LogP contribution is 2.22. The van der Waals surface area contributed by atoms with Crippen LogP contribution in [0.3, 0.4) is 0 Å². The molecular weight excluding hydrogens is 190 g/mol. The van der Waals surface area contributed by atoms with Crippen LogP contribution in [0.15, 0.2) is 0 Å². The number of H-pyrrole nitrogens is 1. The van der Waals surface area contributed by atoms with E-state index in [0.29, 0.717) is 17.3 Å². The highest BCUT2D eigenvalue weighted by molar-refractivity contribution is 6.32. The van der Waals surface area contributed by atoms with Gasteiger partial charge in [0.15, 0.2) is 0 Å². The van der Waals surface area contributed by atoms with E-state index in [1.807, 2.05) is 13.8 Å². The second-order valence-electron chi connectivity index (χ2n) is 2.78. The molecular formula is C9H12ClNO2. The van der Waals surface area contributed by atoms with Crippen molar-refractivity contribution in [1.29, 1.82) is 0 Å². The maximum Gasteiger partial charge on any atom is 0.341 e. The Bertz CT molecular complexity index is 331. The molecule has 0 fully saturated rings. The first-order valence-electron chi connectivity index (χ1n) is 4.09. The number of aromatic amines is 1. The molecule has 13 heavy (non-hydrogen) atoms. The average Bonchev–Trinajstić information content (AvgIpc) is 2.27. The summed E-state index contributed by atoms with van der Waals surface area (Å²) in [5.74, 6) is -0.366. The topological polar surface area (TPSA) is 42.1 Å². The summed E-state index contributed by atoms with van der Waals surface area (Å²) in [6.45, 7) is 5.83. The fourth-order valence-electron chi connectivity index (χ4n) is 1.12. The first-order chi connectivity index (χ1) is 6.07. The molecule has 0 radical (unpaired) electrons. The molecule has 4 heteroatoms. The minimum absolute atomic E-state index is 0.355. The third-order valence-electron chi connectivity index (χ3n) is 1.93. The van der Waals surface area contributed by atoms with Gasteiger partial charge in [0.05, 0.1) is 12.2 Å². The summed E-state index contributed by atoms with van der Waals surface area (Å²) in [5.41, 5.74) is 2.19. The van der Waals surface area contributed by atoms with Gasteiger partial charge in [-0.05, 0) is 26.3 Å². The van der Waals surface area contributed by atoms with Crippen molar-refractivity contribution in [3.63, 3.8) is 0 Å². The van der Waals surface area contributed by atoms with E-state index >= 15 is 0 Å². The lowest BCUT2D eigenvalue weighted by Crippen LogP contribution is -2.05. The molecule has 0 saturated heterocycles. The molecule has 0 aliphatic carbocycles. The SMILES string of the molecule is CCOC(=O)c1c(Cl)[nH]c(C)c1C. The highest BCUT2D eigenvalue weighted by Gasteiger charge is 2.18. The number of carbonyl (C=O) groups excluding carboxylic acids is 1. The van der Waals surface area contributed by atoms with Crippen molar-refractivity contribution in [3.8, 4) is 0 Å². The van der Waals surface area contributed by atoms with Gasteiger partial charge in [0, 0.05) is 5.69 Å². The van der Waals surface area contributed by atoms with Gasteiger partial charge in [0.25, 0.3) is 0 Å². The predicted octanol–water partition coefficient (Wildman–Crippen LogP) is 2.46. The Morgan fingerprint density at radius 2 is 2.15 bits per heavy atom. The van der Waals surface area contributed by atoms with Crippen molar-refractivity contribution in [2.45, 2.75) is 20.8 Å². The molecule has 0 aromatic carbocycles. The summed E-state index contributed by atoms with van der Waals surface area (Å²) in [4.78, 5) is 14.3. The van der Waals surface area contributed by atoms with Crippen LogP contribution in [0.1, 0.15) is 28.5 Å². The molecule has 1 heterocycles. The van der Waals surface area contributed by atoms with Crippen molar-refractivity contribution in [2.75, 3.05) is 6.61 Å².